The van der Waals surface area contributed by atoms with E-state index in [1.807, 2.05) is 36.4 Å². The number of halogens is 1. The van der Waals surface area contributed by atoms with E-state index in [1.54, 1.807) is 36.7 Å². The third kappa shape index (κ3) is 4.28. The van der Waals surface area contributed by atoms with Gasteiger partial charge in [-0.25, -0.2) is 17.8 Å². The molecule has 1 aromatic heterocycles. The summed E-state index contributed by atoms with van der Waals surface area (Å²) in [5, 5.41) is 4.33. The third-order valence-electron chi connectivity index (χ3n) is 4.00. The van der Waals surface area contributed by atoms with Crippen LogP contribution in [0.2, 0.25) is 0 Å². The van der Waals surface area contributed by atoms with E-state index in [1.165, 1.54) is 0 Å². The molecule has 3 rings (SSSR count). The molecular formula is C19H18BrN3O3S. The summed E-state index contributed by atoms with van der Waals surface area (Å²) >= 11 is 3.33. The summed E-state index contributed by atoms with van der Waals surface area (Å²) in [6.45, 7) is 3.28. The predicted molar refractivity (Wildman–Crippen MR) is 106 cm³/mol. The van der Waals surface area contributed by atoms with Crippen LogP contribution in [0.4, 0.5) is 0 Å². The summed E-state index contributed by atoms with van der Waals surface area (Å²) in [6.07, 6.45) is -0.0381. The van der Waals surface area contributed by atoms with Crippen molar-refractivity contribution < 1.29 is 13.2 Å². The van der Waals surface area contributed by atoms with Gasteiger partial charge in [0.15, 0.2) is 0 Å². The Balaban J connectivity index is 1.87. The van der Waals surface area contributed by atoms with Gasteiger partial charge in [-0.3, -0.25) is 4.79 Å². The molecule has 0 aliphatic carbocycles. The molecule has 0 spiro atoms. The highest BCUT2D eigenvalue weighted by atomic mass is 79.9. The topological polar surface area (TPSA) is 81.1 Å². The van der Waals surface area contributed by atoms with E-state index in [4.69, 9.17) is 0 Å². The van der Waals surface area contributed by atoms with Crippen LogP contribution in [0.25, 0.3) is 5.69 Å². The molecule has 3 aromatic rings. The van der Waals surface area contributed by atoms with E-state index >= 15 is 0 Å². The maximum absolute atomic E-state index is 12.8. The number of para-hydroxylation sites is 1. The van der Waals surface area contributed by atoms with Gasteiger partial charge >= 0.3 is 0 Å². The van der Waals surface area contributed by atoms with Crippen molar-refractivity contribution in [3.8, 4) is 5.69 Å². The van der Waals surface area contributed by atoms with Gasteiger partial charge < -0.3 is 0 Å². The molecule has 1 heterocycles. The first-order chi connectivity index (χ1) is 12.8. The average molecular weight is 448 g/mol. The van der Waals surface area contributed by atoms with Crippen LogP contribution in [0.1, 0.15) is 17.0 Å². The Labute approximate surface area is 166 Å². The van der Waals surface area contributed by atoms with E-state index in [0.29, 0.717) is 17.0 Å². The van der Waals surface area contributed by atoms with Crippen molar-refractivity contribution in [2.45, 2.75) is 25.2 Å². The highest BCUT2D eigenvalue weighted by Crippen LogP contribution is 2.22. The van der Waals surface area contributed by atoms with E-state index < -0.39 is 15.9 Å². The molecule has 0 aliphatic heterocycles. The number of carbonyl (C=O) groups is 1. The first-order valence-corrected chi connectivity index (χ1v) is 10.5. The summed E-state index contributed by atoms with van der Waals surface area (Å²) in [5.41, 5.74) is 2.24. The van der Waals surface area contributed by atoms with Crippen LogP contribution in [-0.2, 0) is 21.2 Å². The Hall–Kier alpha value is -2.45. The van der Waals surface area contributed by atoms with E-state index in [-0.39, 0.29) is 11.3 Å². The van der Waals surface area contributed by atoms with Crippen molar-refractivity contribution in [3.63, 3.8) is 0 Å². The number of hydrogen-bond donors (Lipinski definition) is 1. The summed E-state index contributed by atoms with van der Waals surface area (Å²) in [6, 6.07) is 16.4. The Morgan fingerprint density at radius 2 is 1.81 bits per heavy atom. The van der Waals surface area contributed by atoms with Gasteiger partial charge in [0.05, 0.1) is 23.5 Å². The van der Waals surface area contributed by atoms with Gasteiger partial charge in [-0.2, -0.15) is 5.10 Å². The second-order valence-electron chi connectivity index (χ2n) is 6.08. The summed E-state index contributed by atoms with van der Waals surface area (Å²) in [4.78, 5) is 12.3. The first-order valence-electron chi connectivity index (χ1n) is 8.19. The van der Waals surface area contributed by atoms with Crippen molar-refractivity contribution in [2.75, 3.05) is 0 Å². The number of aryl methyl sites for hydroxylation is 1. The van der Waals surface area contributed by atoms with E-state index in [2.05, 4.69) is 25.8 Å². The lowest BCUT2D eigenvalue weighted by atomic mass is 10.1. The van der Waals surface area contributed by atoms with Gasteiger partial charge in [-0.05, 0) is 43.7 Å². The Morgan fingerprint density at radius 3 is 2.48 bits per heavy atom. The fraction of sp³-hybridized carbons (Fsp3) is 0.158. The van der Waals surface area contributed by atoms with Gasteiger partial charge in [-0.1, -0.05) is 46.3 Å². The molecule has 0 fully saturated rings. The predicted octanol–water partition coefficient (Wildman–Crippen LogP) is 3.30. The van der Waals surface area contributed by atoms with Gasteiger partial charge in [-0.15, -0.1) is 0 Å². The lowest BCUT2D eigenvalue weighted by molar-refractivity contribution is -0.118. The normalized spacial score (nSPS) is 11.4. The molecule has 0 atom stereocenters. The Bertz CT molecular complexity index is 1090. The van der Waals surface area contributed by atoms with Crippen molar-refractivity contribution in [2.24, 2.45) is 0 Å². The number of nitrogens with zero attached hydrogens (tertiary/aromatic N) is 2. The van der Waals surface area contributed by atoms with Crippen LogP contribution >= 0.6 is 15.9 Å². The zero-order valence-electron chi connectivity index (χ0n) is 14.8. The van der Waals surface area contributed by atoms with Crippen molar-refractivity contribution >= 4 is 31.9 Å². The van der Waals surface area contributed by atoms with Crippen LogP contribution in [0.5, 0.6) is 0 Å². The second-order valence-corrected chi connectivity index (χ2v) is 8.62. The second kappa shape index (κ2) is 7.66. The van der Waals surface area contributed by atoms with Crippen molar-refractivity contribution in [3.05, 3.63) is 76.0 Å². The molecule has 8 heteroatoms. The molecular weight excluding hydrogens is 430 g/mol. The van der Waals surface area contributed by atoms with E-state index in [0.717, 1.165) is 10.2 Å². The first kappa shape index (κ1) is 19.3. The molecule has 0 aliphatic rings. The molecule has 1 N–H and O–H groups in total. The number of sulfonamides is 1. The number of carbonyl (C=O) groups excluding carboxylic acids is 1. The highest BCUT2D eigenvalue weighted by molar-refractivity contribution is 9.10. The molecule has 1 amide bonds. The molecule has 0 bridgehead atoms. The fourth-order valence-electron chi connectivity index (χ4n) is 2.91. The number of amides is 1. The summed E-state index contributed by atoms with van der Waals surface area (Å²) < 4.78 is 30.1. The van der Waals surface area contributed by atoms with E-state index in [9.17, 15) is 13.2 Å². The van der Waals surface area contributed by atoms with Gasteiger partial charge in [0.1, 0.15) is 4.90 Å². The number of hydrogen-bond acceptors (Lipinski definition) is 4. The number of rotatable bonds is 5. The molecule has 0 saturated carbocycles. The Kier molecular flexibility index (Phi) is 5.48. The standard InChI is InChI=1S/C19H18BrN3O3S/c1-13-19(14(2)23(21-13)17-9-4-3-5-10-17)27(25,26)22-18(24)12-15-7-6-8-16(20)11-15/h3-11H,12H2,1-2H3,(H,22,24). The zero-order valence-corrected chi connectivity index (χ0v) is 17.2. The minimum absolute atomic E-state index is 0.0222. The molecule has 27 heavy (non-hydrogen) atoms. The Morgan fingerprint density at radius 1 is 1.11 bits per heavy atom. The maximum Gasteiger partial charge on any atom is 0.267 e. The smallest absolute Gasteiger partial charge is 0.267 e. The van der Waals surface area contributed by atoms with Gasteiger partial charge in [0.2, 0.25) is 5.91 Å². The van der Waals surface area contributed by atoms with Gasteiger partial charge in [0.25, 0.3) is 10.0 Å². The number of benzene rings is 2. The third-order valence-corrected chi connectivity index (χ3v) is 6.11. The average Bonchev–Trinajstić information content (AvgIpc) is 2.90. The minimum Gasteiger partial charge on any atom is -0.274 e. The van der Waals surface area contributed by atoms with Crippen LogP contribution in [-0.4, -0.2) is 24.1 Å². The highest BCUT2D eigenvalue weighted by Gasteiger charge is 2.27. The largest absolute Gasteiger partial charge is 0.274 e. The molecule has 6 nitrogen and oxygen atoms in total. The molecule has 2 aromatic carbocycles. The summed E-state index contributed by atoms with van der Waals surface area (Å²) in [7, 11) is -4.03. The molecule has 0 unspecified atom stereocenters. The van der Waals surface area contributed by atoms with Crippen LogP contribution < -0.4 is 4.72 Å². The molecule has 0 radical (unpaired) electrons. The zero-order chi connectivity index (χ0) is 19.6. The lowest BCUT2D eigenvalue weighted by Gasteiger charge is -2.08. The maximum atomic E-state index is 12.8. The fourth-order valence-corrected chi connectivity index (χ4v) is 4.73. The van der Waals surface area contributed by atoms with Crippen molar-refractivity contribution in [1.82, 2.24) is 14.5 Å². The number of nitrogens with one attached hydrogen (secondary N) is 1. The quantitative estimate of drug-likeness (QED) is 0.650. The van der Waals surface area contributed by atoms with Crippen LogP contribution in [0, 0.1) is 13.8 Å². The minimum atomic E-state index is -4.03. The number of aromatic nitrogens is 2. The molecule has 140 valence electrons. The summed E-state index contributed by atoms with van der Waals surface area (Å²) in [5.74, 6) is -0.598. The SMILES string of the molecule is Cc1nn(-c2ccccc2)c(C)c1S(=O)(=O)NC(=O)Cc1cccc(Br)c1. The lowest BCUT2D eigenvalue weighted by Crippen LogP contribution is -2.32. The monoisotopic (exact) mass is 447 g/mol. The van der Waals surface area contributed by atoms with Crippen LogP contribution in [0.3, 0.4) is 0 Å². The van der Waals surface area contributed by atoms with Gasteiger partial charge in [0, 0.05) is 4.47 Å². The molecule has 0 saturated heterocycles. The van der Waals surface area contributed by atoms with Crippen molar-refractivity contribution in [1.29, 1.82) is 0 Å². The van der Waals surface area contributed by atoms with Crippen LogP contribution in [0.15, 0.2) is 64.0 Å².